The molecule has 106 heavy (non-hydrogen) atoms. The van der Waals surface area contributed by atoms with Crippen LogP contribution in [0.2, 0.25) is 0 Å². The molecular weight excluding hydrogens is 1310 g/mol. The van der Waals surface area contributed by atoms with Crippen molar-refractivity contribution in [1.82, 2.24) is 0 Å². The van der Waals surface area contributed by atoms with E-state index in [9.17, 15) is 35.1 Å². The molecule has 0 amide bonds. The van der Waals surface area contributed by atoms with Crippen LogP contribution in [0, 0.1) is 260 Å². The van der Waals surface area contributed by atoms with Gasteiger partial charge in [0, 0.05) is 38.5 Å². The molecule has 24 saturated carbocycles. The lowest BCUT2D eigenvalue weighted by atomic mass is 9.48. The molecule has 24 bridgehead atoms. The van der Waals surface area contributed by atoms with Crippen LogP contribution in [-0.4, -0.2) is 77.2 Å². The van der Waals surface area contributed by atoms with Gasteiger partial charge in [0.2, 0.25) is 0 Å². The molecule has 0 heterocycles. The van der Waals surface area contributed by atoms with Gasteiger partial charge in [-0.1, -0.05) is 118 Å². The highest BCUT2D eigenvalue weighted by Crippen LogP contribution is 2.74. The molecular formula is C97H160O9. The smallest absolute Gasteiger partial charge is 0.312 e. The minimum absolute atomic E-state index is 0.0267. The highest BCUT2D eigenvalue weighted by molar-refractivity contribution is 5.76. The molecule has 9 heteroatoms. The maximum atomic E-state index is 12.4. The summed E-state index contributed by atoms with van der Waals surface area (Å²) >= 11 is 0. The Hall–Kier alpha value is -1.26. The summed E-state index contributed by atoms with van der Waals surface area (Å²) in [5, 5.41) is 60.5. The Balaban J connectivity index is 0.0000000941. The summed E-state index contributed by atoms with van der Waals surface area (Å²) in [6.07, 6.45) is 29.9. The lowest BCUT2D eigenvalue weighted by molar-refractivity contribution is -0.302. The van der Waals surface area contributed by atoms with E-state index in [1.165, 1.54) is 80.5 Å². The fraction of sp³-hybridized carbons (Fsp3) is 0.979. The van der Waals surface area contributed by atoms with Crippen molar-refractivity contribution in [3.8, 4) is 0 Å². The number of hydrogen-bond acceptors (Lipinski definition) is 8. The Bertz CT molecular complexity index is 2960. The van der Waals surface area contributed by atoms with Gasteiger partial charge in [0.05, 0.1) is 40.3 Å². The number of aliphatic hydroxyl groups is 5. The van der Waals surface area contributed by atoms with Crippen LogP contribution in [-0.2, 0) is 14.3 Å². The second-order valence-electron chi connectivity index (χ2n) is 46.9. The molecule has 24 rings (SSSR count). The fourth-order valence-corrected chi connectivity index (χ4v) is 36.2. The largest absolute Gasteiger partial charge is 0.481 e. The molecule has 6 N–H and O–H groups in total. The van der Waals surface area contributed by atoms with Gasteiger partial charge in [-0.2, -0.15) is 0 Å². The SMILES string of the molecule is CC1C(C)C2CC1C1C3CC(O)C(C3)C21.CC1C(C)C2CC1C1C3CCC(C3)C21.CC1C2CC(C(=O)O)C(C2)C1C.CC1C2CC(O)C(C2)C1C.CC1C2CCC(C2)C1C.CC1CC2CC1C(C)C2C.CC1CC2CC1C1C3CC(C(C)C3C)C21.CCC(C)(C)C(=O)OC12CC3(O)CC(O)(CC(O)(C3)C1)C2. The van der Waals surface area contributed by atoms with Gasteiger partial charge < -0.3 is 35.4 Å². The van der Waals surface area contributed by atoms with Crippen molar-refractivity contribution in [3.05, 3.63) is 0 Å². The quantitative estimate of drug-likeness (QED) is 0.119. The van der Waals surface area contributed by atoms with Gasteiger partial charge in [0.25, 0.3) is 0 Å². The van der Waals surface area contributed by atoms with E-state index < -0.39 is 33.8 Å². The third-order valence-corrected chi connectivity index (χ3v) is 42.6. The molecule has 45 unspecified atom stereocenters. The zero-order valence-corrected chi connectivity index (χ0v) is 70.8. The van der Waals surface area contributed by atoms with Gasteiger partial charge in [-0.05, 0) is 391 Å². The fourth-order valence-electron chi connectivity index (χ4n) is 36.2. The van der Waals surface area contributed by atoms with E-state index in [1.54, 1.807) is 57.8 Å². The molecule has 9 nitrogen and oxygen atoms in total. The average molecular weight is 1470 g/mol. The number of hydrogen-bond donors (Lipinski definition) is 6. The van der Waals surface area contributed by atoms with Crippen molar-refractivity contribution >= 4 is 11.9 Å². The first-order chi connectivity index (χ1) is 49.9. The van der Waals surface area contributed by atoms with Gasteiger partial charge in [-0.15, -0.1) is 0 Å². The van der Waals surface area contributed by atoms with E-state index >= 15 is 0 Å². The third kappa shape index (κ3) is 12.9. The van der Waals surface area contributed by atoms with Gasteiger partial charge >= 0.3 is 11.9 Å². The van der Waals surface area contributed by atoms with E-state index in [1.807, 2.05) is 20.8 Å². The molecule has 0 aliphatic heterocycles. The number of fused-ring (bicyclic) bond motifs is 35. The standard InChI is InChI=1S/C16H26O5.C15H24.C14H22O.C14H22.C10H16O2.C10H18.C9H16O.C9H16/c1-4-12(2,3)11(17)21-16-8-13(18)5-14(19,9-16)7-15(20,6-13)10-16;1-7-4-10-5-11(7)15-13-6-12(14(10)15)8(2)9(13)3;1-6-7(2)10-5-9(6)13-8-3-11(14(10)13)12(15)4-8;1-7-8(2)12-6-11(7)13-9-3-4-10(5-9)14(12)13;1-5-6(2)8-3-7(5)4-9(8)10(11)12;1-6-4-9-5-10(6)8(3)7(9)2;1-5-6(2)8-3-7(5)4-9(8)10;1-6-7(2)9-4-3-8(6)5-9/h18-20H,4-10H2,1-3H3;7-15H,4-6H2,1-3H3;6-15H,3-5H2,1-2H3;7-14H,3-6H2,1-2H3;5-9H,3-4H2,1-2H3,(H,11,12);6-10H,4-5H2,1-3H3;5-10H,3-4H2,1-2H3;6-9H,3-5H2,1-2H3. The van der Waals surface area contributed by atoms with E-state index in [0.717, 1.165) is 203 Å². The second-order valence-corrected chi connectivity index (χ2v) is 46.9. The summed E-state index contributed by atoms with van der Waals surface area (Å²) in [5.74, 6) is 41.0. The Morgan fingerprint density at radius 2 is 0.632 bits per heavy atom. The average Bonchev–Trinajstić information content (AvgIpc) is 0.995. The number of aliphatic hydroxyl groups excluding tert-OH is 2. The predicted octanol–water partition coefficient (Wildman–Crippen LogP) is 20.5. The zero-order chi connectivity index (χ0) is 75.7. The summed E-state index contributed by atoms with van der Waals surface area (Å²) in [7, 11) is 0. The minimum Gasteiger partial charge on any atom is -0.481 e. The first-order valence-electron chi connectivity index (χ1n) is 46.9. The molecule has 24 fully saturated rings. The highest BCUT2D eigenvalue weighted by Gasteiger charge is 2.71. The molecule has 0 spiro atoms. The van der Waals surface area contributed by atoms with Crippen molar-refractivity contribution in [1.29, 1.82) is 0 Å². The number of esters is 1. The molecule has 0 saturated heterocycles. The van der Waals surface area contributed by atoms with Crippen molar-refractivity contribution in [2.24, 2.45) is 260 Å². The van der Waals surface area contributed by atoms with Crippen LogP contribution in [0.1, 0.15) is 298 Å². The maximum absolute atomic E-state index is 12.4. The number of ether oxygens (including phenoxy) is 1. The number of carbonyl (C=O) groups is 2. The monoisotopic (exact) mass is 1470 g/mol. The molecule has 0 aromatic heterocycles. The van der Waals surface area contributed by atoms with Crippen molar-refractivity contribution in [2.75, 3.05) is 0 Å². The first-order valence-corrected chi connectivity index (χ1v) is 46.9. The predicted molar refractivity (Wildman–Crippen MR) is 424 cm³/mol. The van der Waals surface area contributed by atoms with Gasteiger partial charge in [0.1, 0.15) is 5.60 Å². The van der Waals surface area contributed by atoms with E-state index in [2.05, 4.69) is 111 Å². The zero-order valence-electron chi connectivity index (χ0n) is 70.8. The highest BCUT2D eigenvalue weighted by atomic mass is 16.6. The van der Waals surface area contributed by atoms with Crippen LogP contribution in [0.15, 0.2) is 0 Å². The number of aliphatic carboxylic acids is 1. The molecule has 24 aliphatic rings. The molecule has 0 radical (unpaired) electrons. The molecule has 0 aromatic rings. The first kappa shape index (κ1) is 78.6. The summed E-state index contributed by atoms with van der Waals surface area (Å²) < 4.78 is 5.78. The van der Waals surface area contributed by atoms with Crippen LogP contribution < -0.4 is 0 Å². The maximum Gasteiger partial charge on any atom is 0.312 e. The number of carboxylic acid groups (broad SMARTS) is 1. The van der Waals surface area contributed by atoms with E-state index in [-0.39, 0.29) is 43.4 Å². The molecule has 45 atom stereocenters. The number of rotatable bonds is 4. The molecule has 24 aliphatic carbocycles. The number of carboxylic acids is 1. The van der Waals surface area contributed by atoms with Crippen LogP contribution in [0.3, 0.4) is 0 Å². The Labute approximate surface area is 646 Å². The van der Waals surface area contributed by atoms with Crippen molar-refractivity contribution in [2.45, 2.75) is 333 Å². The normalized spacial score (nSPS) is 60.5. The molecule has 0 aromatic carbocycles. The van der Waals surface area contributed by atoms with Gasteiger partial charge in [-0.25, -0.2) is 0 Å². The van der Waals surface area contributed by atoms with Crippen LogP contribution in [0.4, 0.5) is 0 Å². The summed E-state index contributed by atoms with van der Waals surface area (Å²) in [6.45, 7) is 44.5. The van der Waals surface area contributed by atoms with Crippen molar-refractivity contribution in [3.63, 3.8) is 0 Å². The third-order valence-electron chi connectivity index (χ3n) is 42.6. The Kier molecular flexibility index (Phi) is 21.0. The Morgan fingerprint density at radius 1 is 0.321 bits per heavy atom. The van der Waals surface area contributed by atoms with E-state index in [0.29, 0.717) is 55.3 Å². The number of carbonyl (C=O) groups excluding carboxylic acids is 1. The van der Waals surface area contributed by atoms with Crippen LogP contribution in [0.25, 0.3) is 0 Å². The van der Waals surface area contributed by atoms with Crippen molar-refractivity contribution < 1.29 is 45.0 Å². The lowest BCUT2D eigenvalue weighted by Crippen LogP contribution is -2.72. The second kappa shape index (κ2) is 28.3. The summed E-state index contributed by atoms with van der Waals surface area (Å²) in [5.41, 5.74) is -4.92. The lowest BCUT2D eigenvalue weighted by Gasteiger charge is -2.65. The van der Waals surface area contributed by atoms with Crippen LogP contribution >= 0.6 is 0 Å². The van der Waals surface area contributed by atoms with Crippen LogP contribution in [0.5, 0.6) is 0 Å². The van der Waals surface area contributed by atoms with Gasteiger partial charge in [-0.3, -0.25) is 9.59 Å². The topological polar surface area (TPSA) is 165 Å². The van der Waals surface area contributed by atoms with E-state index in [4.69, 9.17) is 9.84 Å². The van der Waals surface area contributed by atoms with Gasteiger partial charge in [0.15, 0.2) is 0 Å². The Morgan fingerprint density at radius 3 is 1.02 bits per heavy atom. The molecule has 602 valence electrons. The summed E-state index contributed by atoms with van der Waals surface area (Å²) in [6, 6.07) is 0. The summed E-state index contributed by atoms with van der Waals surface area (Å²) in [4.78, 5) is 23.3. The minimum atomic E-state index is -1.13.